The highest BCUT2D eigenvalue weighted by atomic mass is 32.2. The molecule has 3 aromatic carbocycles. The zero-order valence-corrected chi connectivity index (χ0v) is 23.8. The van der Waals surface area contributed by atoms with Crippen LogP contribution in [0.15, 0.2) is 65.6 Å². The van der Waals surface area contributed by atoms with Crippen molar-refractivity contribution < 1.29 is 13.5 Å². The third-order valence-corrected chi connectivity index (χ3v) is 8.16. The summed E-state index contributed by atoms with van der Waals surface area (Å²) in [6, 6.07) is 18.4. The van der Waals surface area contributed by atoms with Gasteiger partial charge in [-0.15, -0.1) is 0 Å². The van der Waals surface area contributed by atoms with Gasteiger partial charge in [0.2, 0.25) is 9.84 Å². The molecule has 0 atom stereocenters. The van der Waals surface area contributed by atoms with Gasteiger partial charge in [0, 0.05) is 30.9 Å². The van der Waals surface area contributed by atoms with Gasteiger partial charge >= 0.3 is 0 Å². The zero-order chi connectivity index (χ0) is 27.1. The molecule has 0 bridgehead atoms. The fourth-order valence-electron chi connectivity index (χ4n) is 4.10. The maximum absolute atomic E-state index is 14.1. The van der Waals surface area contributed by atoms with Crippen molar-refractivity contribution in [1.29, 1.82) is 0 Å². The highest BCUT2D eigenvalue weighted by Crippen LogP contribution is 2.43. The number of hydrogen-bond acceptors (Lipinski definition) is 4. The Labute approximate surface area is 217 Å². The van der Waals surface area contributed by atoms with Gasteiger partial charge in [-0.3, -0.25) is 0 Å². The van der Waals surface area contributed by atoms with Crippen LogP contribution in [0.2, 0.25) is 0 Å². The van der Waals surface area contributed by atoms with Crippen LogP contribution in [-0.2, 0) is 20.7 Å². The number of nitrogens with zero attached hydrogens (tertiary/aromatic N) is 1. The highest BCUT2D eigenvalue weighted by Gasteiger charge is 2.30. The predicted molar refractivity (Wildman–Crippen MR) is 153 cm³/mol. The second-order valence-corrected chi connectivity index (χ2v) is 13.6. The average molecular weight is 506 g/mol. The number of phenolic OH excluding ortho intramolecular Hbond substituents is 1. The molecular formula is C31H39NO3S. The predicted octanol–water partition coefficient (Wildman–Crippen LogP) is 7.33. The molecule has 0 spiro atoms. The third kappa shape index (κ3) is 5.84. The lowest BCUT2D eigenvalue weighted by Gasteiger charge is -2.28. The van der Waals surface area contributed by atoms with Crippen LogP contribution in [0.5, 0.6) is 5.75 Å². The molecule has 1 N–H and O–H groups in total. The van der Waals surface area contributed by atoms with E-state index in [1.54, 1.807) is 18.2 Å². The second kappa shape index (κ2) is 9.78. The molecule has 36 heavy (non-hydrogen) atoms. The first kappa shape index (κ1) is 27.5. The lowest BCUT2D eigenvalue weighted by atomic mass is 9.78. The Morgan fingerprint density at radius 1 is 0.806 bits per heavy atom. The molecule has 0 unspecified atom stereocenters. The number of benzene rings is 3. The van der Waals surface area contributed by atoms with Gasteiger partial charge < -0.3 is 10.0 Å². The van der Waals surface area contributed by atoms with Crippen molar-refractivity contribution in [2.75, 3.05) is 19.0 Å². The minimum atomic E-state index is -3.86. The molecule has 4 nitrogen and oxygen atoms in total. The number of aryl methyl sites for hydroxylation is 1. The summed E-state index contributed by atoms with van der Waals surface area (Å²) < 4.78 is 28.2. The lowest BCUT2D eigenvalue weighted by molar-refractivity contribution is 0.423. The summed E-state index contributed by atoms with van der Waals surface area (Å²) in [6.45, 7) is 14.1. The van der Waals surface area contributed by atoms with E-state index in [-0.39, 0.29) is 26.4 Å². The number of aromatic hydroxyl groups is 1. The van der Waals surface area contributed by atoms with E-state index in [1.807, 2.05) is 116 Å². The summed E-state index contributed by atoms with van der Waals surface area (Å²) >= 11 is 0. The maximum atomic E-state index is 14.1. The summed E-state index contributed by atoms with van der Waals surface area (Å²) in [5.74, 6) is 0.223. The van der Waals surface area contributed by atoms with E-state index < -0.39 is 9.84 Å². The molecule has 3 rings (SSSR count). The minimum Gasteiger partial charge on any atom is -0.507 e. The smallest absolute Gasteiger partial charge is 0.207 e. The standard InChI is InChI=1S/C31H39NO3S/c1-21-10-16-25(17-11-21)36(34,35)28(18-22-12-14-24(15-13-22)32(8)9)23-19-26(30(2,3)4)29(33)27(20-23)31(5,6)7/h10-20,33H,1-9H3/b28-18+. The maximum Gasteiger partial charge on any atom is 0.207 e. The fourth-order valence-corrected chi connectivity index (χ4v) is 5.57. The lowest BCUT2D eigenvalue weighted by Crippen LogP contribution is -2.18. The van der Waals surface area contributed by atoms with Crippen molar-refractivity contribution in [1.82, 2.24) is 0 Å². The largest absolute Gasteiger partial charge is 0.507 e. The number of hydrogen-bond donors (Lipinski definition) is 1. The molecule has 0 aliphatic rings. The van der Waals surface area contributed by atoms with E-state index in [0.717, 1.165) is 27.9 Å². The molecule has 0 radical (unpaired) electrons. The Balaban J connectivity index is 2.37. The van der Waals surface area contributed by atoms with E-state index in [9.17, 15) is 13.5 Å². The van der Waals surface area contributed by atoms with Gasteiger partial charge in [0.15, 0.2) is 0 Å². The minimum absolute atomic E-state index is 0.208. The molecule has 0 fully saturated rings. The van der Waals surface area contributed by atoms with Crippen LogP contribution < -0.4 is 4.90 Å². The van der Waals surface area contributed by atoms with Crippen molar-refractivity contribution in [3.05, 3.63) is 88.5 Å². The fraction of sp³-hybridized carbons (Fsp3) is 0.355. The van der Waals surface area contributed by atoms with Crippen LogP contribution in [0.3, 0.4) is 0 Å². The Kier molecular flexibility index (Phi) is 7.48. The van der Waals surface area contributed by atoms with Crippen LogP contribution in [0, 0.1) is 6.92 Å². The van der Waals surface area contributed by atoms with E-state index in [2.05, 4.69) is 0 Å². The van der Waals surface area contributed by atoms with Crippen LogP contribution in [0.25, 0.3) is 11.0 Å². The molecule has 0 saturated heterocycles. The topological polar surface area (TPSA) is 57.6 Å². The zero-order valence-electron chi connectivity index (χ0n) is 23.0. The third-order valence-electron chi connectivity index (χ3n) is 6.34. The summed E-state index contributed by atoms with van der Waals surface area (Å²) in [5, 5.41) is 11.2. The summed E-state index contributed by atoms with van der Waals surface area (Å²) in [6.07, 6.45) is 1.74. The Morgan fingerprint density at radius 3 is 1.69 bits per heavy atom. The van der Waals surface area contributed by atoms with Gasteiger partial charge in [-0.1, -0.05) is 71.4 Å². The average Bonchev–Trinajstić information content (AvgIpc) is 2.76. The molecule has 0 saturated carbocycles. The van der Waals surface area contributed by atoms with Crippen molar-refractivity contribution in [2.24, 2.45) is 0 Å². The number of rotatable bonds is 5. The Bertz CT molecular complexity index is 1330. The van der Waals surface area contributed by atoms with Gasteiger partial charge in [-0.05, 0) is 71.4 Å². The van der Waals surface area contributed by atoms with Crippen molar-refractivity contribution in [3.63, 3.8) is 0 Å². The first-order chi connectivity index (χ1) is 16.5. The molecule has 5 heteroatoms. The highest BCUT2D eigenvalue weighted by molar-refractivity contribution is 8.00. The molecular weight excluding hydrogens is 466 g/mol. The summed E-state index contributed by atoms with van der Waals surface area (Å²) in [5.41, 5.74) is 4.06. The van der Waals surface area contributed by atoms with Crippen LogP contribution in [0.4, 0.5) is 5.69 Å². The quantitative estimate of drug-likeness (QED) is 0.369. The first-order valence-corrected chi connectivity index (χ1v) is 13.7. The second-order valence-electron chi connectivity index (χ2n) is 11.7. The van der Waals surface area contributed by atoms with Gasteiger partial charge in [0.1, 0.15) is 5.75 Å². The van der Waals surface area contributed by atoms with Crippen molar-refractivity contribution in [2.45, 2.75) is 64.2 Å². The van der Waals surface area contributed by atoms with E-state index in [0.29, 0.717) is 5.56 Å². The van der Waals surface area contributed by atoms with Crippen molar-refractivity contribution >= 4 is 26.5 Å². The number of phenols is 1. The van der Waals surface area contributed by atoms with Crippen LogP contribution in [0.1, 0.15) is 69.4 Å². The van der Waals surface area contributed by atoms with E-state index in [1.165, 1.54) is 0 Å². The van der Waals surface area contributed by atoms with E-state index >= 15 is 0 Å². The van der Waals surface area contributed by atoms with Gasteiger partial charge in [-0.25, -0.2) is 8.42 Å². The van der Waals surface area contributed by atoms with Gasteiger partial charge in [-0.2, -0.15) is 0 Å². The Hall–Kier alpha value is -3.05. The molecule has 192 valence electrons. The van der Waals surface area contributed by atoms with Gasteiger partial charge in [0.05, 0.1) is 9.80 Å². The first-order valence-electron chi connectivity index (χ1n) is 12.2. The number of anilines is 1. The monoisotopic (exact) mass is 505 g/mol. The van der Waals surface area contributed by atoms with Crippen LogP contribution in [-0.4, -0.2) is 27.6 Å². The SMILES string of the molecule is Cc1ccc(S(=O)(=O)/C(=C/c2ccc(N(C)C)cc2)c2cc(C(C)(C)C)c(O)c(C(C)(C)C)c2)cc1. The molecule has 0 aliphatic carbocycles. The molecule has 0 aromatic heterocycles. The van der Waals surface area contributed by atoms with Gasteiger partial charge in [0.25, 0.3) is 0 Å². The molecule has 0 amide bonds. The number of sulfone groups is 1. The molecule has 3 aromatic rings. The Morgan fingerprint density at radius 2 is 1.28 bits per heavy atom. The normalized spacial score (nSPS) is 13.1. The molecule has 0 heterocycles. The molecule has 0 aliphatic heterocycles. The van der Waals surface area contributed by atoms with Crippen LogP contribution >= 0.6 is 0 Å². The summed E-state index contributed by atoms with van der Waals surface area (Å²) in [7, 11) is 0.0739. The van der Waals surface area contributed by atoms with Crippen molar-refractivity contribution in [3.8, 4) is 5.75 Å². The van der Waals surface area contributed by atoms with E-state index in [4.69, 9.17) is 0 Å². The summed E-state index contributed by atoms with van der Waals surface area (Å²) in [4.78, 5) is 2.45.